The van der Waals surface area contributed by atoms with E-state index in [1.807, 2.05) is 71.4 Å². The highest BCUT2D eigenvalue weighted by Gasteiger charge is 2.26. The molecule has 4 aromatic carbocycles. The zero-order chi connectivity index (χ0) is 57.9. The Balaban J connectivity index is 0.686. The Morgan fingerprint density at radius 1 is 0.512 bits per heavy atom. The number of carboxylic acids is 2. The van der Waals surface area contributed by atoms with Gasteiger partial charge < -0.3 is 49.1 Å². The predicted octanol–water partition coefficient (Wildman–Crippen LogP) is 5.25. The number of amides is 2. The molecule has 0 aliphatic rings. The van der Waals surface area contributed by atoms with Crippen molar-refractivity contribution in [2.24, 2.45) is 0 Å². The number of hydrogen-bond donors (Lipinski definition) is 6. The Bertz CT molecular complexity index is 4220. The molecular weight excluding hydrogens is 1060 g/mol. The number of H-pyrrole nitrogens is 2. The molecule has 22 heteroatoms. The molecule has 10 rings (SSSR count). The van der Waals surface area contributed by atoms with Crippen molar-refractivity contribution < 1.29 is 48.5 Å². The fourth-order valence-corrected chi connectivity index (χ4v) is 10.1. The van der Waals surface area contributed by atoms with E-state index in [0.717, 1.165) is 22.5 Å². The Morgan fingerprint density at radius 2 is 0.902 bits per heavy atom. The first kappa shape index (κ1) is 54.5. The fraction of sp³-hybridized carbons (Fsp3) is 0.167. The summed E-state index contributed by atoms with van der Waals surface area (Å²) in [5.74, 6) is -3.31. The highest BCUT2D eigenvalue weighted by molar-refractivity contribution is 6.17. The maximum absolute atomic E-state index is 14.2. The van der Waals surface area contributed by atoms with Crippen molar-refractivity contribution in [3.05, 3.63) is 209 Å². The highest BCUT2D eigenvalue weighted by Crippen LogP contribution is 2.36. The van der Waals surface area contributed by atoms with Crippen molar-refractivity contribution in [2.75, 3.05) is 26.3 Å². The van der Waals surface area contributed by atoms with Crippen molar-refractivity contribution >= 4 is 68.2 Å². The molecule has 0 aliphatic carbocycles. The topological polar surface area (TPSA) is 304 Å². The highest BCUT2D eigenvalue weighted by atomic mass is 16.5. The Kier molecular flexibility index (Phi) is 15.2. The summed E-state index contributed by atoms with van der Waals surface area (Å²) in [6.45, 7) is 2.15. The molecule has 0 atom stereocenters. The summed E-state index contributed by atoms with van der Waals surface area (Å²) in [6.07, 6.45) is 4.80. The molecule has 2 amide bonds. The van der Waals surface area contributed by atoms with Crippen LogP contribution in [0.1, 0.15) is 55.8 Å². The number of ketones is 2. The van der Waals surface area contributed by atoms with Gasteiger partial charge in [-0.2, -0.15) is 0 Å². The lowest BCUT2D eigenvalue weighted by Gasteiger charge is -2.10. The van der Waals surface area contributed by atoms with Crippen molar-refractivity contribution in [1.29, 1.82) is 0 Å². The van der Waals surface area contributed by atoms with Crippen LogP contribution in [0.5, 0.6) is 11.5 Å². The number of carboxylic acid groups (broad SMARTS) is 2. The zero-order valence-corrected chi connectivity index (χ0v) is 43.9. The molecular formula is C60H50N8O14. The van der Waals surface area contributed by atoms with E-state index in [-0.39, 0.29) is 69.5 Å². The number of aliphatic carboxylic acids is 2. The number of rotatable bonds is 21. The van der Waals surface area contributed by atoms with Gasteiger partial charge in [-0.15, -0.1) is 0 Å². The molecule has 414 valence electrons. The van der Waals surface area contributed by atoms with Crippen LogP contribution in [0.3, 0.4) is 0 Å². The number of carbonyl (C=O) groups excluding carboxylic acids is 4. The minimum absolute atomic E-state index is 0.00980. The van der Waals surface area contributed by atoms with Gasteiger partial charge in [-0.05, 0) is 158 Å². The number of aromatic nitrogens is 6. The van der Waals surface area contributed by atoms with E-state index < -0.39 is 47.5 Å². The quantitative estimate of drug-likeness (QED) is 0.0396. The van der Waals surface area contributed by atoms with Crippen LogP contribution < -0.4 is 42.6 Å². The SMILES string of the molecule is Cc1c(C(=O)c2ccc3[nH]c(=O)n(CC(=O)O)c(=O)c3c2)c2ccccn2c1-c1ccc(OCC(=O)NCCCCNC(=O)COc2ccc(-c3c(C)c(C(=O)c4ccc5[nH]c(=O)n(CC(=O)O)c(=O)c5c4)c4ccccn34)cc2)cc1. The number of aromatic amines is 2. The van der Waals surface area contributed by atoms with E-state index in [2.05, 4.69) is 20.6 Å². The first-order valence-electron chi connectivity index (χ1n) is 25.7. The summed E-state index contributed by atoms with van der Waals surface area (Å²) in [5.41, 5.74) is 3.49. The Labute approximate surface area is 462 Å². The Hall–Kier alpha value is -10.9. The van der Waals surface area contributed by atoms with Crippen molar-refractivity contribution in [1.82, 2.24) is 38.5 Å². The minimum atomic E-state index is -1.37. The molecule has 0 aliphatic heterocycles. The summed E-state index contributed by atoms with van der Waals surface area (Å²) >= 11 is 0. The van der Waals surface area contributed by atoms with Gasteiger partial charge in [0.25, 0.3) is 22.9 Å². The molecule has 0 fully saturated rings. The van der Waals surface area contributed by atoms with Crippen LogP contribution in [0.4, 0.5) is 0 Å². The molecule has 82 heavy (non-hydrogen) atoms. The first-order valence-corrected chi connectivity index (χ1v) is 25.7. The van der Waals surface area contributed by atoms with Crippen LogP contribution in [0.25, 0.3) is 55.4 Å². The second-order valence-corrected chi connectivity index (χ2v) is 19.3. The molecule has 6 N–H and O–H groups in total. The molecule has 10 aromatic rings. The average molecular weight is 1110 g/mol. The molecule has 0 bridgehead atoms. The molecule has 0 saturated carbocycles. The molecule has 0 unspecified atom stereocenters. The van der Waals surface area contributed by atoms with Gasteiger partial charge in [0.05, 0.1) is 55.4 Å². The second kappa shape index (κ2) is 22.8. The molecule has 0 radical (unpaired) electrons. The van der Waals surface area contributed by atoms with E-state index in [9.17, 15) is 58.2 Å². The summed E-state index contributed by atoms with van der Waals surface area (Å²) in [7, 11) is 0. The molecule has 6 aromatic heterocycles. The van der Waals surface area contributed by atoms with E-state index in [1.165, 1.54) is 36.4 Å². The largest absolute Gasteiger partial charge is 0.484 e. The van der Waals surface area contributed by atoms with E-state index in [4.69, 9.17) is 9.47 Å². The van der Waals surface area contributed by atoms with Gasteiger partial charge in [0.2, 0.25) is 0 Å². The van der Waals surface area contributed by atoms with Crippen LogP contribution in [0.2, 0.25) is 0 Å². The summed E-state index contributed by atoms with van der Waals surface area (Å²) in [5, 5.41) is 24.1. The van der Waals surface area contributed by atoms with Crippen LogP contribution >= 0.6 is 0 Å². The van der Waals surface area contributed by atoms with Crippen LogP contribution in [0.15, 0.2) is 153 Å². The van der Waals surface area contributed by atoms with Gasteiger partial charge in [0.15, 0.2) is 24.8 Å². The third kappa shape index (κ3) is 10.8. The van der Waals surface area contributed by atoms with Crippen molar-refractivity contribution in [2.45, 2.75) is 39.8 Å². The molecule has 0 saturated heterocycles. The van der Waals surface area contributed by atoms with Crippen LogP contribution in [0, 0.1) is 13.8 Å². The number of hydrogen-bond acceptors (Lipinski definition) is 12. The summed E-state index contributed by atoms with van der Waals surface area (Å²) in [4.78, 5) is 133. The predicted molar refractivity (Wildman–Crippen MR) is 301 cm³/mol. The lowest BCUT2D eigenvalue weighted by Crippen LogP contribution is -2.37. The van der Waals surface area contributed by atoms with Gasteiger partial charge in [-0.1, -0.05) is 12.1 Å². The number of unbranched alkanes of at least 4 members (excludes halogenated alkanes) is 1. The van der Waals surface area contributed by atoms with E-state index in [1.54, 1.807) is 48.5 Å². The van der Waals surface area contributed by atoms with Gasteiger partial charge in [0, 0.05) is 36.6 Å². The number of carbonyl (C=O) groups is 6. The lowest BCUT2D eigenvalue weighted by atomic mass is 9.97. The number of nitrogens with zero attached hydrogens (tertiary/aromatic N) is 4. The normalized spacial score (nSPS) is 11.3. The average Bonchev–Trinajstić information content (AvgIpc) is 3.12. The van der Waals surface area contributed by atoms with E-state index in [0.29, 0.717) is 79.9 Å². The minimum Gasteiger partial charge on any atom is -0.484 e. The first-order chi connectivity index (χ1) is 39.5. The number of pyridine rings is 2. The maximum atomic E-state index is 14.2. The van der Waals surface area contributed by atoms with E-state index >= 15 is 0 Å². The van der Waals surface area contributed by atoms with Gasteiger partial charge in [-0.3, -0.25) is 38.4 Å². The molecule has 22 nitrogen and oxygen atoms in total. The maximum Gasteiger partial charge on any atom is 0.329 e. The zero-order valence-electron chi connectivity index (χ0n) is 43.9. The monoisotopic (exact) mass is 1110 g/mol. The molecule has 6 heterocycles. The lowest BCUT2D eigenvalue weighted by molar-refractivity contribution is -0.138. The van der Waals surface area contributed by atoms with Gasteiger partial charge >= 0.3 is 23.3 Å². The van der Waals surface area contributed by atoms with Crippen LogP contribution in [-0.2, 0) is 32.3 Å². The summed E-state index contributed by atoms with van der Waals surface area (Å²) < 4.78 is 16.4. The standard InChI is InChI=1S/C60H50N8O14/c1-33-51(55(75)37-15-21-43-41(27-37)57(77)67(29-49(71)72)59(79)63-43)45-9-3-7-25-65(45)53(33)35-11-17-39(18-12-35)81-31-47(69)61-23-5-6-24-62-48(70)32-82-40-19-13-36(14-20-40)54-34(2)52(46-10-4-8-26-66(46)54)56(76)38-16-22-44-42(28-38)58(78)68(30-50(73)74)60(80)64-44/h3-4,7-22,25-28H,5-6,23-24,29-32H2,1-2H3,(H,61,69)(H,62,70)(H,63,79)(H,64,80)(H,71,72)(H,73,74). The van der Waals surface area contributed by atoms with Gasteiger partial charge in [0.1, 0.15) is 24.6 Å². The Morgan fingerprint density at radius 3 is 1.28 bits per heavy atom. The summed E-state index contributed by atoms with van der Waals surface area (Å²) in [6, 6.07) is 33.5. The molecule has 0 spiro atoms. The third-order valence-electron chi connectivity index (χ3n) is 13.9. The number of fused-ring (bicyclic) bond motifs is 4. The number of ether oxygens (including phenoxy) is 2. The number of benzene rings is 4. The number of nitrogens with one attached hydrogen (secondary N) is 4. The van der Waals surface area contributed by atoms with Crippen LogP contribution in [-0.4, -0.2) is 99.7 Å². The smallest absolute Gasteiger partial charge is 0.329 e. The fourth-order valence-electron chi connectivity index (χ4n) is 10.1. The van der Waals surface area contributed by atoms with Gasteiger partial charge in [-0.25, -0.2) is 18.7 Å². The van der Waals surface area contributed by atoms with Crippen molar-refractivity contribution in [3.8, 4) is 34.0 Å². The third-order valence-corrected chi connectivity index (χ3v) is 13.9. The second-order valence-electron chi connectivity index (χ2n) is 19.3. The van der Waals surface area contributed by atoms with Crippen molar-refractivity contribution in [3.63, 3.8) is 0 Å².